The van der Waals surface area contributed by atoms with Gasteiger partial charge in [-0.1, -0.05) is 42.5 Å². The van der Waals surface area contributed by atoms with E-state index in [1.165, 1.54) is 0 Å². The molecule has 2 aliphatic heterocycles. The Morgan fingerprint density at radius 1 is 1.12 bits per heavy atom. The highest BCUT2D eigenvalue weighted by Crippen LogP contribution is 2.20. The third-order valence-electron chi connectivity index (χ3n) is 6.25. The summed E-state index contributed by atoms with van der Waals surface area (Å²) in [6, 6.07) is 14.1. The summed E-state index contributed by atoms with van der Waals surface area (Å²) in [7, 11) is 0. The Balaban J connectivity index is 1.18. The van der Waals surface area contributed by atoms with Gasteiger partial charge < -0.3 is 24.2 Å². The molecule has 0 aromatic heterocycles. The summed E-state index contributed by atoms with van der Waals surface area (Å²) in [5.41, 5.74) is 0.939. The van der Waals surface area contributed by atoms with E-state index in [4.69, 9.17) is 14.2 Å². The van der Waals surface area contributed by atoms with Crippen molar-refractivity contribution in [2.75, 3.05) is 59.2 Å². The van der Waals surface area contributed by atoms with Gasteiger partial charge in [0.1, 0.15) is 0 Å². The van der Waals surface area contributed by atoms with Crippen molar-refractivity contribution in [2.24, 2.45) is 5.92 Å². The zero-order chi connectivity index (χ0) is 22.2. The van der Waals surface area contributed by atoms with Crippen molar-refractivity contribution < 1.29 is 24.1 Å². The summed E-state index contributed by atoms with van der Waals surface area (Å²) in [4.78, 5) is 16.6. The van der Waals surface area contributed by atoms with Gasteiger partial charge in [-0.05, 0) is 29.2 Å². The van der Waals surface area contributed by atoms with Crippen LogP contribution in [-0.2, 0) is 20.6 Å². The molecular formula is C25H34N2O5. The first kappa shape index (κ1) is 23.0. The van der Waals surface area contributed by atoms with Gasteiger partial charge >= 0.3 is 6.09 Å². The zero-order valence-electron chi connectivity index (χ0n) is 18.7. The second-order valence-corrected chi connectivity index (χ2v) is 8.71. The number of carbonyl (C=O) groups excluding carboxylic acids is 1. The third kappa shape index (κ3) is 6.65. The maximum atomic E-state index is 12.6. The van der Waals surface area contributed by atoms with Gasteiger partial charge in [0.15, 0.2) is 0 Å². The number of rotatable bonds is 8. The smallest absolute Gasteiger partial charge is 0.412 e. The Morgan fingerprint density at radius 3 is 2.78 bits per heavy atom. The SMILES string of the molecule is O=C(OC(O)Cc1ccc2ccccc2c1)N1CCCC(COCCN2CCOCC2)C1. The Labute approximate surface area is 189 Å². The van der Waals surface area contributed by atoms with E-state index in [-0.39, 0.29) is 6.42 Å². The molecule has 2 unspecified atom stereocenters. The number of aliphatic hydroxyl groups is 1. The standard InChI is InChI=1S/C25H34N2O5/c28-24(17-20-7-8-22-5-1-2-6-23(22)16-20)32-25(29)27-9-3-4-21(18-27)19-31-15-12-26-10-13-30-14-11-26/h1-2,5-8,16,21,24,28H,3-4,9-15,17-19H2. The summed E-state index contributed by atoms with van der Waals surface area (Å²) in [6.07, 6.45) is 0.637. The van der Waals surface area contributed by atoms with Gasteiger partial charge in [0.2, 0.25) is 6.29 Å². The van der Waals surface area contributed by atoms with Crippen molar-refractivity contribution in [3.05, 3.63) is 48.0 Å². The molecule has 2 atom stereocenters. The average molecular weight is 443 g/mol. The van der Waals surface area contributed by atoms with E-state index >= 15 is 0 Å². The first-order valence-corrected chi connectivity index (χ1v) is 11.7. The molecule has 0 saturated carbocycles. The summed E-state index contributed by atoms with van der Waals surface area (Å²) < 4.78 is 16.6. The number of nitrogens with zero attached hydrogens (tertiary/aromatic N) is 2. The molecule has 2 fully saturated rings. The van der Waals surface area contributed by atoms with E-state index in [1.807, 2.05) is 36.4 Å². The van der Waals surface area contributed by atoms with Crippen LogP contribution in [0.2, 0.25) is 0 Å². The number of hydrogen-bond acceptors (Lipinski definition) is 6. The predicted octanol–water partition coefficient (Wildman–Crippen LogP) is 2.90. The number of ether oxygens (including phenoxy) is 3. The molecule has 0 aliphatic carbocycles. The Bertz CT molecular complexity index is 870. The van der Waals surface area contributed by atoms with Crippen molar-refractivity contribution in [3.63, 3.8) is 0 Å². The van der Waals surface area contributed by atoms with Crippen LogP contribution in [0, 0.1) is 5.92 Å². The molecule has 32 heavy (non-hydrogen) atoms. The molecule has 174 valence electrons. The quantitative estimate of drug-likeness (QED) is 0.501. The van der Waals surface area contributed by atoms with E-state index in [1.54, 1.807) is 4.90 Å². The molecule has 2 aromatic rings. The molecule has 7 heteroatoms. The number of fused-ring (bicyclic) bond motifs is 1. The van der Waals surface area contributed by atoms with Crippen LogP contribution in [0.1, 0.15) is 18.4 Å². The highest BCUT2D eigenvalue weighted by atomic mass is 16.6. The van der Waals surface area contributed by atoms with Crippen LogP contribution in [0.25, 0.3) is 10.8 Å². The molecule has 0 radical (unpaired) electrons. The van der Waals surface area contributed by atoms with Gasteiger partial charge in [-0.3, -0.25) is 4.90 Å². The number of benzene rings is 2. The van der Waals surface area contributed by atoms with Gasteiger partial charge in [-0.2, -0.15) is 0 Å². The van der Waals surface area contributed by atoms with Gasteiger partial charge in [0.25, 0.3) is 0 Å². The third-order valence-corrected chi connectivity index (χ3v) is 6.25. The van der Waals surface area contributed by atoms with Gasteiger partial charge in [0, 0.05) is 45.1 Å². The highest BCUT2D eigenvalue weighted by Gasteiger charge is 2.26. The molecular weight excluding hydrogens is 408 g/mol. The first-order valence-electron chi connectivity index (χ1n) is 11.7. The monoisotopic (exact) mass is 442 g/mol. The fourth-order valence-corrected chi connectivity index (χ4v) is 4.44. The fraction of sp³-hybridized carbons (Fsp3) is 0.560. The zero-order valence-corrected chi connectivity index (χ0v) is 18.7. The molecule has 1 amide bonds. The lowest BCUT2D eigenvalue weighted by Crippen LogP contribution is -2.43. The highest BCUT2D eigenvalue weighted by molar-refractivity contribution is 5.83. The lowest BCUT2D eigenvalue weighted by atomic mass is 9.99. The van der Waals surface area contributed by atoms with Crippen LogP contribution in [0.15, 0.2) is 42.5 Å². The molecule has 1 N–H and O–H groups in total. The van der Waals surface area contributed by atoms with Crippen LogP contribution < -0.4 is 0 Å². The topological polar surface area (TPSA) is 71.5 Å². The van der Waals surface area contributed by atoms with Crippen molar-refractivity contribution in [1.82, 2.24) is 9.80 Å². The van der Waals surface area contributed by atoms with Crippen LogP contribution in [-0.4, -0.2) is 86.4 Å². The number of likely N-dealkylation sites (tertiary alicyclic amines) is 1. The van der Waals surface area contributed by atoms with Crippen LogP contribution in [0.4, 0.5) is 4.79 Å². The Hall–Kier alpha value is -2.19. The molecule has 7 nitrogen and oxygen atoms in total. The van der Waals surface area contributed by atoms with Gasteiger partial charge in [0.05, 0.1) is 26.4 Å². The van der Waals surface area contributed by atoms with Crippen LogP contribution in [0.5, 0.6) is 0 Å². The summed E-state index contributed by atoms with van der Waals surface area (Å²) in [6.45, 7) is 7.06. The second-order valence-electron chi connectivity index (χ2n) is 8.71. The van der Waals surface area contributed by atoms with Crippen molar-refractivity contribution in [3.8, 4) is 0 Å². The molecule has 2 heterocycles. The Kier molecular flexibility index (Phi) is 8.34. The van der Waals surface area contributed by atoms with E-state index in [9.17, 15) is 9.90 Å². The lowest BCUT2D eigenvalue weighted by molar-refractivity contribution is -0.0671. The second kappa shape index (κ2) is 11.6. The van der Waals surface area contributed by atoms with Crippen molar-refractivity contribution >= 4 is 16.9 Å². The van der Waals surface area contributed by atoms with Crippen LogP contribution in [0.3, 0.4) is 0 Å². The van der Waals surface area contributed by atoms with Crippen LogP contribution >= 0.6 is 0 Å². The minimum atomic E-state index is -1.16. The summed E-state index contributed by atoms with van der Waals surface area (Å²) in [5, 5.41) is 12.6. The molecule has 2 aliphatic rings. The molecule has 0 bridgehead atoms. The average Bonchev–Trinajstić information content (AvgIpc) is 2.82. The van der Waals surface area contributed by atoms with Gasteiger partial charge in [-0.15, -0.1) is 0 Å². The number of piperidine rings is 1. The largest absolute Gasteiger partial charge is 0.419 e. The molecule has 0 spiro atoms. The minimum absolute atomic E-state index is 0.276. The maximum Gasteiger partial charge on any atom is 0.412 e. The summed E-state index contributed by atoms with van der Waals surface area (Å²) in [5.74, 6) is 0.304. The summed E-state index contributed by atoms with van der Waals surface area (Å²) >= 11 is 0. The number of aliphatic hydroxyl groups excluding tert-OH is 1. The van der Waals surface area contributed by atoms with E-state index in [0.717, 1.165) is 62.0 Å². The predicted molar refractivity (Wildman–Crippen MR) is 123 cm³/mol. The minimum Gasteiger partial charge on any atom is -0.419 e. The first-order chi connectivity index (χ1) is 15.7. The number of morpholine rings is 1. The molecule has 2 saturated heterocycles. The Morgan fingerprint density at radius 2 is 1.94 bits per heavy atom. The fourth-order valence-electron chi connectivity index (χ4n) is 4.44. The van der Waals surface area contributed by atoms with E-state index in [0.29, 0.717) is 32.2 Å². The normalized spacial score (nSPS) is 20.9. The number of hydrogen-bond donors (Lipinski definition) is 1. The van der Waals surface area contributed by atoms with Gasteiger partial charge in [-0.25, -0.2) is 4.79 Å². The van der Waals surface area contributed by atoms with E-state index in [2.05, 4.69) is 11.0 Å². The molecule has 4 rings (SSSR count). The van der Waals surface area contributed by atoms with Crippen molar-refractivity contribution in [2.45, 2.75) is 25.6 Å². The number of carbonyl (C=O) groups is 1. The maximum absolute atomic E-state index is 12.6. The van der Waals surface area contributed by atoms with Crippen molar-refractivity contribution in [1.29, 1.82) is 0 Å². The lowest BCUT2D eigenvalue weighted by Gasteiger charge is -2.32. The number of amides is 1. The van der Waals surface area contributed by atoms with E-state index < -0.39 is 12.4 Å². The molecule has 2 aromatic carbocycles.